The molecule has 0 spiro atoms. The van der Waals surface area contributed by atoms with Gasteiger partial charge in [0.1, 0.15) is 0 Å². The van der Waals surface area contributed by atoms with E-state index in [0.29, 0.717) is 11.8 Å². The number of halogens is 1. The molecule has 3 fully saturated rings. The fourth-order valence-electron chi connectivity index (χ4n) is 3.66. The van der Waals surface area contributed by atoms with Gasteiger partial charge in [0.05, 0.1) is 5.41 Å². The molecule has 2 aliphatic carbocycles. The first-order valence-corrected chi connectivity index (χ1v) is 7.30. The van der Waals surface area contributed by atoms with E-state index in [1.165, 1.54) is 38.5 Å². The number of carbonyl (C=O) groups is 1. The van der Waals surface area contributed by atoms with Crippen LogP contribution >= 0.6 is 12.4 Å². The van der Waals surface area contributed by atoms with Crippen molar-refractivity contribution in [3.8, 4) is 0 Å². The molecule has 2 saturated carbocycles. The molecule has 0 bridgehead atoms. The number of rotatable bonds is 4. The summed E-state index contributed by atoms with van der Waals surface area (Å²) in [7, 11) is 0. The van der Waals surface area contributed by atoms with Gasteiger partial charge in [0.25, 0.3) is 0 Å². The van der Waals surface area contributed by atoms with Gasteiger partial charge in [-0.05, 0) is 37.6 Å². The van der Waals surface area contributed by atoms with Crippen LogP contribution in [0.15, 0.2) is 0 Å². The molecule has 0 aromatic carbocycles. The molecule has 0 radical (unpaired) electrons. The molecular formula is C14H25ClN2O. The summed E-state index contributed by atoms with van der Waals surface area (Å²) in [5, 5.41) is 6.64. The Morgan fingerprint density at radius 1 is 1.28 bits per heavy atom. The van der Waals surface area contributed by atoms with Crippen molar-refractivity contribution in [1.29, 1.82) is 0 Å². The molecule has 4 heteroatoms. The smallest absolute Gasteiger partial charge is 0.227 e. The lowest BCUT2D eigenvalue weighted by molar-refractivity contribution is -0.134. The van der Waals surface area contributed by atoms with Crippen LogP contribution in [0.2, 0.25) is 0 Å². The number of nitrogens with one attached hydrogen (secondary N) is 2. The van der Waals surface area contributed by atoms with Crippen molar-refractivity contribution in [1.82, 2.24) is 10.6 Å². The molecule has 104 valence electrons. The third kappa shape index (κ3) is 2.67. The van der Waals surface area contributed by atoms with E-state index < -0.39 is 0 Å². The first-order chi connectivity index (χ1) is 8.31. The second-order valence-corrected chi connectivity index (χ2v) is 6.22. The highest BCUT2D eigenvalue weighted by Gasteiger charge is 2.49. The van der Waals surface area contributed by atoms with Crippen LogP contribution < -0.4 is 10.6 Å². The van der Waals surface area contributed by atoms with Crippen molar-refractivity contribution in [2.75, 3.05) is 19.6 Å². The Morgan fingerprint density at radius 2 is 2.11 bits per heavy atom. The normalized spacial score (nSPS) is 34.6. The van der Waals surface area contributed by atoms with Gasteiger partial charge in [-0.15, -0.1) is 12.4 Å². The molecule has 3 rings (SSSR count). The Balaban J connectivity index is 0.00000120. The number of amides is 1. The van der Waals surface area contributed by atoms with E-state index in [4.69, 9.17) is 0 Å². The van der Waals surface area contributed by atoms with Gasteiger partial charge in [0.2, 0.25) is 5.91 Å². The largest absolute Gasteiger partial charge is 0.356 e. The monoisotopic (exact) mass is 272 g/mol. The van der Waals surface area contributed by atoms with E-state index in [9.17, 15) is 4.79 Å². The average molecular weight is 273 g/mol. The van der Waals surface area contributed by atoms with Crippen molar-refractivity contribution in [3.63, 3.8) is 0 Å². The molecule has 0 unspecified atom stereocenters. The van der Waals surface area contributed by atoms with Crippen LogP contribution in [-0.2, 0) is 4.79 Å². The zero-order valence-electron chi connectivity index (χ0n) is 11.0. The number of hydrogen-bond acceptors (Lipinski definition) is 2. The predicted molar refractivity (Wildman–Crippen MR) is 74.9 cm³/mol. The standard InChI is InChI=1S/C14H24N2O.ClH/c17-13(16-8-6-11-4-5-11)14-7-2-1-3-12(14)9-15-10-14;/h11-12,15H,1-10H2,(H,16,17);1H/t12-,14+;/m0./s1. The van der Waals surface area contributed by atoms with E-state index in [1.807, 2.05) is 0 Å². The highest BCUT2D eigenvalue weighted by Crippen LogP contribution is 2.44. The average Bonchev–Trinajstić information content (AvgIpc) is 3.06. The van der Waals surface area contributed by atoms with Gasteiger partial charge in [0.15, 0.2) is 0 Å². The van der Waals surface area contributed by atoms with E-state index in [1.54, 1.807) is 0 Å². The lowest BCUT2D eigenvalue weighted by atomic mass is 9.67. The van der Waals surface area contributed by atoms with Gasteiger partial charge in [-0.2, -0.15) is 0 Å². The van der Waals surface area contributed by atoms with Gasteiger partial charge in [-0.1, -0.05) is 25.7 Å². The predicted octanol–water partition coefficient (Wildman–Crippen LogP) is 2.10. The second kappa shape index (κ2) is 5.79. The van der Waals surface area contributed by atoms with Crippen LogP contribution in [0.1, 0.15) is 44.9 Å². The van der Waals surface area contributed by atoms with Gasteiger partial charge >= 0.3 is 0 Å². The summed E-state index contributed by atoms with van der Waals surface area (Å²) >= 11 is 0. The summed E-state index contributed by atoms with van der Waals surface area (Å²) in [6, 6.07) is 0. The van der Waals surface area contributed by atoms with E-state index >= 15 is 0 Å². The molecule has 1 aliphatic heterocycles. The molecule has 1 saturated heterocycles. The Morgan fingerprint density at radius 3 is 2.89 bits per heavy atom. The first kappa shape index (κ1) is 14.1. The van der Waals surface area contributed by atoms with Gasteiger partial charge in [0, 0.05) is 13.1 Å². The van der Waals surface area contributed by atoms with Crippen LogP contribution in [0.3, 0.4) is 0 Å². The minimum Gasteiger partial charge on any atom is -0.356 e. The summed E-state index contributed by atoms with van der Waals surface area (Å²) in [5.41, 5.74) is -0.0538. The zero-order chi connectivity index (χ0) is 11.7. The summed E-state index contributed by atoms with van der Waals surface area (Å²) in [4.78, 5) is 12.5. The topological polar surface area (TPSA) is 41.1 Å². The van der Waals surface area contributed by atoms with Gasteiger partial charge in [-0.25, -0.2) is 0 Å². The summed E-state index contributed by atoms with van der Waals surface area (Å²) < 4.78 is 0. The minimum atomic E-state index is -0.0538. The fraction of sp³-hybridized carbons (Fsp3) is 0.929. The van der Waals surface area contributed by atoms with Crippen molar-refractivity contribution in [2.24, 2.45) is 17.3 Å². The Kier molecular flexibility index (Phi) is 4.54. The molecule has 18 heavy (non-hydrogen) atoms. The molecule has 2 N–H and O–H groups in total. The van der Waals surface area contributed by atoms with Gasteiger partial charge in [-0.3, -0.25) is 4.79 Å². The Hall–Kier alpha value is -0.280. The Labute approximate surface area is 116 Å². The summed E-state index contributed by atoms with van der Waals surface area (Å²) in [6.07, 6.45) is 8.83. The minimum absolute atomic E-state index is 0. The quantitative estimate of drug-likeness (QED) is 0.823. The molecule has 1 amide bonds. The maximum atomic E-state index is 12.5. The number of fused-ring (bicyclic) bond motifs is 1. The third-order valence-electron chi connectivity index (χ3n) is 5.03. The van der Waals surface area contributed by atoms with Crippen LogP contribution in [0.25, 0.3) is 0 Å². The molecular weight excluding hydrogens is 248 g/mol. The first-order valence-electron chi connectivity index (χ1n) is 7.30. The molecule has 2 atom stereocenters. The maximum Gasteiger partial charge on any atom is 0.227 e. The molecule has 0 aromatic heterocycles. The summed E-state index contributed by atoms with van der Waals surface area (Å²) in [6.45, 7) is 2.86. The summed E-state index contributed by atoms with van der Waals surface area (Å²) in [5.74, 6) is 1.85. The molecule has 1 heterocycles. The Bertz CT molecular complexity index is 306. The second-order valence-electron chi connectivity index (χ2n) is 6.22. The van der Waals surface area contributed by atoms with Crippen molar-refractivity contribution in [2.45, 2.75) is 44.9 Å². The van der Waals surface area contributed by atoms with Crippen LogP contribution in [0, 0.1) is 17.3 Å². The van der Waals surface area contributed by atoms with Crippen LogP contribution in [0.5, 0.6) is 0 Å². The van der Waals surface area contributed by atoms with Crippen LogP contribution in [-0.4, -0.2) is 25.5 Å². The zero-order valence-corrected chi connectivity index (χ0v) is 11.9. The van der Waals surface area contributed by atoms with Crippen molar-refractivity contribution >= 4 is 18.3 Å². The highest BCUT2D eigenvalue weighted by molar-refractivity contribution is 5.85. The molecule has 3 aliphatic rings. The SMILES string of the molecule is Cl.O=C(NCCC1CC1)[C@@]12CCCC[C@H]1CNC2. The number of hydrogen-bond donors (Lipinski definition) is 2. The van der Waals surface area contributed by atoms with Crippen molar-refractivity contribution < 1.29 is 4.79 Å². The lowest BCUT2D eigenvalue weighted by Gasteiger charge is -2.37. The highest BCUT2D eigenvalue weighted by atomic mass is 35.5. The lowest BCUT2D eigenvalue weighted by Crippen LogP contribution is -2.48. The molecule has 0 aromatic rings. The fourth-order valence-corrected chi connectivity index (χ4v) is 3.66. The number of carbonyl (C=O) groups excluding carboxylic acids is 1. The molecule has 3 nitrogen and oxygen atoms in total. The van der Waals surface area contributed by atoms with Crippen LogP contribution in [0.4, 0.5) is 0 Å². The maximum absolute atomic E-state index is 12.5. The van der Waals surface area contributed by atoms with E-state index in [2.05, 4.69) is 10.6 Å². The van der Waals surface area contributed by atoms with E-state index in [0.717, 1.165) is 32.0 Å². The van der Waals surface area contributed by atoms with Crippen molar-refractivity contribution in [3.05, 3.63) is 0 Å². The van der Waals surface area contributed by atoms with Gasteiger partial charge < -0.3 is 10.6 Å². The third-order valence-corrected chi connectivity index (χ3v) is 5.03. The van der Waals surface area contributed by atoms with E-state index in [-0.39, 0.29) is 17.8 Å².